The van der Waals surface area contributed by atoms with E-state index in [9.17, 15) is 24.0 Å². The van der Waals surface area contributed by atoms with Crippen LogP contribution >= 0.6 is 0 Å². The van der Waals surface area contributed by atoms with E-state index in [1.54, 1.807) is 36.4 Å². The fourth-order valence-corrected chi connectivity index (χ4v) is 3.71. The van der Waals surface area contributed by atoms with Gasteiger partial charge in [-0.2, -0.15) is 0 Å². The third kappa shape index (κ3) is 2.97. The first-order valence-electron chi connectivity index (χ1n) is 9.70. The molecule has 3 aromatic rings. The number of hydrogen-bond donors (Lipinski definition) is 0. The average molecular weight is 426 g/mol. The Morgan fingerprint density at radius 3 is 1.88 bits per heavy atom. The number of hydrogen-bond acceptors (Lipinski definition) is 6. The largest absolute Gasteiger partial charge is 0.363 e. The summed E-state index contributed by atoms with van der Waals surface area (Å²) < 4.78 is 0. The maximum atomic E-state index is 12.8. The number of rotatable bonds is 4. The predicted molar refractivity (Wildman–Crippen MR) is 109 cm³/mol. The van der Waals surface area contributed by atoms with Crippen molar-refractivity contribution >= 4 is 29.6 Å². The molecule has 0 aliphatic carbocycles. The predicted octanol–water partition coefficient (Wildman–Crippen LogP) is 2.85. The third-order valence-corrected chi connectivity index (χ3v) is 5.32. The molecule has 156 valence electrons. The number of benzene rings is 3. The van der Waals surface area contributed by atoms with Crippen molar-refractivity contribution in [1.82, 2.24) is 9.96 Å². The Bertz CT molecular complexity index is 1300. The molecular formula is C24H14N2O6. The third-order valence-electron chi connectivity index (χ3n) is 5.32. The highest BCUT2D eigenvalue weighted by molar-refractivity contribution is 6.22. The van der Waals surface area contributed by atoms with Crippen molar-refractivity contribution in [2.75, 3.05) is 0 Å². The second kappa shape index (κ2) is 7.28. The van der Waals surface area contributed by atoms with Crippen LogP contribution in [-0.2, 0) is 11.4 Å². The van der Waals surface area contributed by atoms with Crippen LogP contribution < -0.4 is 0 Å². The molecule has 2 aliphatic rings. The molecular weight excluding hydrogens is 412 g/mol. The van der Waals surface area contributed by atoms with Crippen LogP contribution in [0.3, 0.4) is 0 Å². The average Bonchev–Trinajstić information content (AvgIpc) is 3.20. The summed E-state index contributed by atoms with van der Waals surface area (Å²) in [5.74, 6) is -3.50. The smallest absolute Gasteiger partial charge is 0.324 e. The number of carbonyl (C=O) groups excluding carboxylic acids is 5. The molecule has 2 aliphatic heterocycles. The first kappa shape index (κ1) is 19.4. The first-order chi connectivity index (χ1) is 15.5. The lowest BCUT2D eigenvalue weighted by molar-refractivity contribution is -0.0584. The summed E-state index contributed by atoms with van der Waals surface area (Å²) in [5.41, 5.74) is 1.22. The van der Waals surface area contributed by atoms with Crippen molar-refractivity contribution in [3.05, 3.63) is 106 Å². The zero-order valence-electron chi connectivity index (χ0n) is 16.5. The van der Waals surface area contributed by atoms with Gasteiger partial charge in [0.05, 0.1) is 34.4 Å². The van der Waals surface area contributed by atoms with Gasteiger partial charge in [0.25, 0.3) is 23.6 Å². The van der Waals surface area contributed by atoms with E-state index < -0.39 is 29.6 Å². The molecule has 0 aromatic heterocycles. The van der Waals surface area contributed by atoms with Crippen molar-refractivity contribution in [1.29, 1.82) is 0 Å². The van der Waals surface area contributed by atoms with Gasteiger partial charge in [-0.1, -0.05) is 47.5 Å². The topological polar surface area (TPSA) is 101 Å². The summed E-state index contributed by atoms with van der Waals surface area (Å²) >= 11 is 0. The number of imide groups is 2. The Morgan fingerprint density at radius 1 is 0.656 bits per heavy atom. The molecule has 2 heterocycles. The Morgan fingerprint density at radius 2 is 1.22 bits per heavy atom. The highest BCUT2D eigenvalue weighted by Gasteiger charge is 2.40. The molecule has 0 saturated heterocycles. The molecule has 4 amide bonds. The van der Waals surface area contributed by atoms with Gasteiger partial charge in [-0.05, 0) is 35.9 Å². The van der Waals surface area contributed by atoms with Gasteiger partial charge in [0.1, 0.15) is 0 Å². The molecule has 3 aromatic carbocycles. The molecule has 0 radical (unpaired) electrons. The fraction of sp³-hybridized carbons (Fsp3) is 0.0417. The first-order valence-corrected chi connectivity index (χ1v) is 9.70. The Balaban J connectivity index is 1.37. The van der Waals surface area contributed by atoms with E-state index in [0.717, 1.165) is 10.5 Å². The fourth-order valence-electron chi connectivity index (χ4n) is 3.71. The number of nitrogens with zero attached hydrogens (tertiary/aromatic N) is 2. The van der Waals surface area contributed by atoms with Gasteiger partial charge in [0.2, 0.25) is 0 Å². The minimum atomic E-state index is -0.996. The van der Waals surface area contributed by atoms with Gasteiger partial charge >= 0.3 is 5.97 Å². The molecule has 0 bridgehead atoms. The zero-order chi connectivity index (χ0) is 22.4. The SMILES string of the molecule is O=C(ON1C(=O)c2ccccc2C1=O)c1ccc2c(c1)C(=O)N(Cc1ccccc1)C2=O. The highest BCUT2D eigenvalue weighted by Crippen LogP contribution is 2.27. The van der Waals surface area contributed by atoms with Gasteiger partial charge in [0, 0.05) is 0 Å². The van der Waals surface area contributed by atoms with Gasteiger partial charge in [-0.15, -0.1) is 0 Å². The summed E-state index contributed by atoms with van der Waals surface area (Å²) in [6.07, 6.45) is 0. The van der Waals surface area contributed by atoms with Gasteiger partial charge < -0.3 is 4.84 Å². The normalized spacial score (nSPS) is 14.6. The van der Waals surface area contributed by atoms with E-state index in [-0.39, 0.29) is 34.4 Å². The van der Waals surface area contributed by atoms with Crippen molar-refractivity contribution in [2.45, 2.75) is 6.54 Å². The number of carbonyl (C=O) groups is 5. The van der Waals surface area contributed by atoms with Crippen LogP contribution in [0.2, 0.25) is 0 Å². The monoisotopic (exact) mass is 426 g/mol. The quantitative estimate of drug-likeness (QED) is 0.595. The van der Waals surface area contributed by atoms with Crippen LogP contribution in [0.4, 0.5) is 0 Å². The maximum Gasteiger partial charge on any atom is 0.363 e. The van der Waals surface area contributed by atoms with Crippen LogP contribution in [0.15, 0.2) is 72.8 Å². The molecule has 0 fully saturated rings. The van der Waals surface area contributed by atoms with Crippen LogP contribution in [-0.4, -0.2) is 39.6 Å². The van der Waals surface area contributed by atoms with Crippen molar-refractivity contribution < 1.29 is 28.8 Å². The van der Waals surface area contributed by atoms with Crippen LogP contribution in [0, 0.1) is 0 Å². The molecule has 0 unspecified atom stereocenters. The van der Waals surface area contributed by atoms with E-state index >= 15 is 0 Å². The highest BCUT2D eigenvalue weighted by atomic mass is 16.7. The van der Waals surface area contributed by atoms with E-state index in [4.69, 9.17) is 4.84 Å². The molecule has 5 rings (SSSR count). The van der Waals surface area contributed by atoms with Gasteiger partial charge in [-0.3, -0.25) is 24.1 Å². The lowest BCUT2D eigenvalue weighted by Gasteiger charge is -2.13. The maximum absolute atomic E-state index is 12.8. The lowest BCUT2D eigenvalue weighted by atomic mass is 10.1. The standard InChI is InChI=1S/C24H14N2O6/c27-20-18-11-10-15(12-19(18)21(28)25(20)13-14-6-2-1-3-7-14)24(31)32-26-22(29)16-8-4-5-9-17(16)23(26)30/h1-12H,13H2. The second-order valence-electron chi connectivity index (χ2n) is 7.27. The van der Waals surface area contributed by atoms with E-state index in [1.165, 1.54) is 30.3 Å². The molecule has 0 atom stereocenters. The van der Waals surface area contributed by atoms with E-state index in [0.29, 0.717) is 5.06 Å². The molecule has 0 saturated carbocycles. The molecule has 8 heteroatoms. The zero-order valence-corrected chi connectivity index (χ0v) is 16.5. The summed E-state index contributed by atoms with van der Waals surface area (Å²) in [5, 5.41) is 0.398. The Kier molecular flexibility index (Phi) is 4.41. The van der Waals surface area contributed by atoms with Crippen molar-refractivity contribution in [3.63, 3.8) is 0 Å². The minimum absolute atomic E-state index is 0.0581. The number of amides is 4. The minimum Gasteiger partial charge on any atom is -0.324 e. The molecule has 32 heavy (non-hydrogen) atoms. The summed E-state index contributed by atoms with van der Waals surface area (Å²) in [4.78, 5) is 69.0. The van der Waals surface area contributed by atoms with Crippen LogP contribution in [0.5, 0.6) is 0 Å². The molecule has 0 N–H and O–H groups in total. The molecule has 0 spiro atoms. The summed E-state index contributed by atoms with van der Waals surface area (Å²) in [6.45, 7) is 0.0992. The van der Waals surface area contributed by atoms with Crippen molar-refractivity contribution in [3.8, 4) is 0 Å². The molecule has 8 nitrogen and oxygen atoms in total. The number of fused-ring (bicyclic) bond motifs is 2. The van der Waals surface area contributed by atoms with E-state index in [1.807, 2.05) is 6.07 Å². The Hall–Kier alpha value is -4.59. The van der Waals surface area contributed by atoms with Crippen LogP contribution in [0.25, 0.3) is 0 Å². The lowest BCUT2D eigenvalue weighted by Crippen LogP contribution is -2.32. The van der Waals surface area contributed by atoms with Gasteiger partial charge in [-0.25, -0.2) is 4.79 Å². The van der Waals surface area contributed by atoms with Gasteiger partial charge in [0.15, 0.2) is 0 Å². The van der Waals surface area contributed by atoms with Crippen molar-refractivity contribution in [2.24, 2.45) is 0 Å². The number of hydroxylamine groups is 2. The summed E-state index contributed by atoms with van der Waals surface area (Å²) in [7, 11) is 0. The van der Waals surface area contributed by atoms with Crippen LogP contribution in [0.1, 0.15) is 57.4 Å². The summed E-state index contributed by atoms with van der Waals surface area (Å²) in [6, 6.07) is 19.1. The van der Waals surface area contributed by atoms with E-state index in [2.05, 4.69) is 0 Å². The Labute approximate surface area is 181 Å². The second-order valence-corrected chi connectivity index (χ2v) is 7.27.